The van der Waals surface area contributed by atoms with E-state index >= 15 is 0 Å². The fraction of sp³-hybridized carbons (Fsp3) is 0.267. The van der Waals surface area contributed by atoms with Crippen LogP contribution in [0.15, 0.2) is 39.5 Å². The number of nitrogens with zero attached hydrogens (tertiary/aromatic N) is 1. The Balaban J connectivity index is 2.03. The van der Waals surface area contributed by atoms with Crippen molar-refractivity contribution in [3.63, 3.8) is 0 Å². The maximum atomic E-state index is 11.5. The zero-order valence-corrected chi connectivity index (χ0v) is 12.1. The summed E-state index contributed by atoms with van der Waals surface area (Å²) >= 11 is 1.60. The highest BCUT2D eigenvalue weighted by molar-refractivity contribution is 7.12. The summed E-state index contributed by atoms with van der Waals surface area (Å²) in [5, 5.41) is 10.4. The minimum absolute atomic E-state index is 0.393. The van der Waals surface area contributed by atoms with Crippen molar-refractivity contribution < 1.29 is 9.52 Å². The van der Waals surface area contributed by atoms with Gasteiger partial charge in [0.05, 0.1) is 5.52 Å². The van der Waals surface area contributed by atoms with Gasteiger partial charge in [-0.2, -0.15) is 0 Å². The van der Waals surface area contributed by atoms with Gasteiger partial charge in [0, 0.05) is 16.8 Å². The van der Waals surface area contributed by atoms with Gasteiger partial charge in [-0.3, -0.25) is 4.57 Å². The maximum Gasteiger partial charge on any atom is 0.419 e. The molecule has 2 heterocycles. The summed E-state index contributed by atoms with van der Waals surface area (Å²) in [6, 6.07) is 9.33. The zero-order valence-electron chi connectivity index (χ0n) is 11.3. The Morgan fingerprint density at radius 1 is 1.35 bits per heavy atom. The fourth-order valence-electron chi connectivity index (χ4n) is 2.22. The summed E-state index contributed by atoms with van der Waals surface area (Å²) in [6.45, 7) is 2.09. The van der Waals surface area contributed by atoms with E-state index in [0.29, 0.717) is 5.58 Å². The van der Waals surface area contributed by atoms with E-state index in [-0.39, 0.29) is 0 Å². The third-order valence-electron chi connectivity index (χ3n) is 3.43. The second kappa shape index (κ2) is 4.92. The summed E-state index contributed by atoms with van der Waals surface area (Å²) in [5.74, 6) is -0.393. The quantitative estimate of drug-likeness (QED) is 0.806. The average molecular weight is 289 g/mol. The molecule has 104 valence electrons. The van der Waals surface area contributed by atoms with Crippen LogP contribution in [0.5, 0.6) is 0 Å². The van der Waals surface area contributed by atoms with Crippen molar-refractivity contribution in [1.29, 1.82) is 0 Å². The van der Waals surface area contributed by atoms with Gasteiger partial charge < -0.3 is 9.52 Å². The number of aliphatic hydroxyl groups is 1. The maximum absolute atomic E-state index is 11.5. The minimum Gasteiger partial charge on any atom is -0.408 e. The van der Waals surface area contributed by atoms with Crippen LogP contribution in [0.1, 0.15) is 28.3 Å². The van der Waals surface area contributed by atoms with Crippen molar-refractivity contribution in [3.8, 4) is 0 Å². The molecule has 0 aliphatic rings. The minimum atomic E-state index is -0.685. The molecule has 3 aromatic rings. The van der Waals surface area contributed by atoms with Gasteiger partial charge in [-0.05, 0) is 36.2 Å². The summed E-state index contributed by atoms with van der Waals surface area (Å²) in [7, 11) is 1.66. The first kappa shape index (κ1) is 13.1. The summed E-state index contributed by atoms with van der Waals surface area (Å²) in [4.78, 5) is 13.6. The number of aryl methyl sites for hydroxylation is 2. The molecular formula is C15H15NO3S. The van der Waals surface area contributed by atoms with E-state index < -0.39 is 11.9 Å². The molecule has 5 heteroatoms. The van der Waals surface area contributed by atoms with Gasteiger partial charge in [-0.25, -0.2) is 4.79 Å². The number of fused-ring (bicyclic) bond motifs is 1. The molecule has 0 bridgehead atoms. The van der Waals surface area contributed by atoms with Crippen molar-refractivity contribution in [1.82, 2.24) is 4.57 Å². The largest absolute Gasteiger partial charge is 0.419 e. The molecule has 0 saturated carbocycles. The van der Waals surface area contributed by atoms with Gasteiger partial charge in [-0.15, -0.1) is 11.3 Å². The zero-order chi connectivity index (χ0) is 14.3. The van der Waals surface area contributed by atoms with Crippen LogP contribution < -0.4 is 5.76 Å². The SMILES string of the molecule is CCc1ccc(C(O)c2ccc3c(c2)oc(=O)n3C)s1. The van der Waals surface area contributed by atoms with E-state index in [2.05, 4.69) is 6.92 Å². The van der Waals surface area contributed by atoms with Crippen LogP contribution in [0.25, 0.3) is 11.1 Å². The van der Waals surface area contributed by atoms with Gasteiger partial charge in [0.15, 0.2) is 5.58 Å². The molecule has 0 saturated heterocycles. The van der Waals surface area contributed by atoms with E-state index in [1.54, 1.807) is 30.5 Å². The van der Waals surface area contributed by atoms with Crippen molar-refractivity contribution in [2.24, 2.45) is 7.05 Å². The fourth-order valence-corrected chi connectivity index (χ4v) is 3.18. The van der Waals surface area contributed by atoms with Gasteiger partial charge in [0.1, 0.15) is 6.10 Å². The summed E-state index contributed by atoms with van der Waals surface area (Å²) < 4.78 is 6.60. The number of benzene rings is 1. The topological polar surface area (TPSA) is 55.4 Å². The Labute approximate surface area is 119 Å². The second-order valence-corrected chi connectivity index (χ2v) is 5.91. The first-order chi connectivity index (χ1) is 9.60. The van der Waals surface area contributed by atoms with Crippen LogP contribution >= 0.6 is 11.3 Å². The summed E-state index contributed by atoms with van der Waals surface area (Å²) in [6.07, 6.45) is 0.277. The second-order valence-electron chi connectivity index (χ2n) is 4.71. The number of oxazole rings is 1. The molecule has 1 N–H and O–H groups in total. The van der Waals surface area contributed by atoms with Crippen LogP contribution in [0.3, 0.4) is 0 Å². The van der Waals surface area contributed by atoms with E-state index in [1.807, 2.05) is 18.2 Å². The van der Waals surface area contributed by atoms with Gasteiger partial charge in [0.2, 0.25) is 0 Å². The molecule has 1 unspecified atom stereocenters. The van der Waals surface area contributed by atoms with Crippen molar-refractivity contribution in [2.75, 3.05) is 0 Å². The van der Waals surface area contributed by atoms with Crippen molar-refractivity contribution in [3.05, 3.63) is 56.2 Å². The summed E-state index contributed by atoms with van der Waals surface area (Å²) in [5.41, 5.74) is 1.96. The highest BCUT2D eigenvalue weighted by Gasteiger charge is 2.15. The van der Waals surface area contributed by atoms with Gasteiger partial charge >= 0.3 is 5.76 Å². The predicted molar refractivity (Wildman–Crippen MR) is 79.2 cm³/mol. The van der Waals surface area contributed by atoms with E-state index in [0.717, 1.165) is 22.4 Å². The first-order valence-electron chi connectivity index (χ1n) is 6.46. The standard InChI is InChI=1S/C15H15NO3S/c1-3-10-5-7-13(20-10)14(17)9-4-6-11-12(8-9)19-15(18)16(11)2/h4-8,14,17H,3H2,1-2H3. The predicted octanol–water partition coefficient (Wildman–Crippen LogP) is 2.84. The van der Waals surface area contributed by atoms with Crippen molar-refractivity contribution >= 4 is 22.4 Å². The molecule has 1 atom stereocenters. The smallest absolute Gasteiger partial charge is 0.408 e. The van der Waals surface area contributed by atoms with Crippen LogP contribution in [-0.4, -0.2) is 9.67 Å². The number of rotatable bonds is 3. The number of thiophene rings is 1. The average Bonchev–Trinajstić information content (AvgIpc) is 3.04. The number of aromatic nitrogens is 1. The Kier molecular flexibility index (Phi) is 3.23. The molecule has 0 aliphatic carbocycles. The molecule has 2 aromatic heterocycles. The first-order valence-corrected chi connectivity index (χ1v) is 7.28. The lowest BCUT2D eigenvalue weighted by molar-refractivity contribution is 0.224. The molecule has 3 rings (SSSR count). The molecule has 4 nitrogen and oxygen atoms in total. The van der Waals surface area contributed by atoms with Gasteiger partial charge in [-0.1, -0.05) is 13.0 Å². The third kappa shape index (κ3) is 2.09. The number of hydrogen-bond acceptors (Lipinski definition) is 4. The molecule has 0 fully saturated rings. The van der Waals surface area contributed by atoms with Crippen LogP contribution in [0, 0.1) is 0 Å². The molecule has 0 amide bonds. The Morgan fingerprint density at radius 2 is 2.15 bits per heavy atom. The molecular weight excluding hydrogens is 274 g/mol. The third-order valence-corrected chi connectivity index (χ3v) is 4.71. The molecule has 0 spiro atoms. The number of hydrogen-bond donors (Lipinski definition) is 1. The van der Waals surface area contributed by atoms with Gasteiger partial charge in [0.25, 0.3) is 0 Å². The molecule has 1 aromatic carbocycles. The highest BCUT2D eigenvalue weighted by Crippen LogP contribution is 2.30. The molecule has 20 heavy (non-hydrogen) atoms. The molecule has 0 aliphatic heterocycles. The van der Waals surface area contributed by atoms with E-state index in [9.17, 15) is 9.90 Å². The Bertz CT molecular complexity index is 812. The lowest BCUT2D eigenvalue weighted by Crippen LogP contribution is -2.08. The number of aliphatic hydroxyl groups excluding tert-OH is 1. The van der Waals surface area contributed by atoms with Crippen LogP contribution in [0.2, 0.25) is 0 Å². The monoisotopic (exact) mass is 289 g/mol. The van der Waals surface area contributed by atoms with E-state index in [1.165, 1.54) is 9.44 Å². The Morgan fingerprint density at radius 3 is 2.85 bits per heavy atom. The highest BCUT2D eigenvalue weighted by atomic mass is 32.1. The Hall–Kier alpha value is -1.85. The lowest BCUT2D eigenvalue weighted by atomic mass is 10.1. The van der Waals surface area contributed by atoms with Crippen LogP contribution in [0.4, 0.5) is 0 Å². The van der Waals surface area contributed by atoms with Crippen molar-refractivity contribution in [2.45, 2.75) is 19.4 Å². The lowest BCUT2D eigenvalue weighted by Gasteiger charge is -2.08. The van der Waals surface area contributed by atoms with E-state index in [4.69, 9.17) is 4.42 Å². The molecule has 0 radical (unpaired) electrons. The normalized spacial score (nSPS) is 12.9. The van der Waals surface area contributed by atoms with Crippen LogP contribution in [-0.2, 0) is 13.5 Å².